The molecule has 27 heavy (non-hydrogen) atoms. The first kappa shape index (κ1) is 21.4. The van der Waals surface area contributed by atoms with Crippen molar-refractivity contribution in [3.05, 3.63) is 56.5 Å². The number of nitrogens with zero attached hydrogens (tertiary/aromatic N) is 2. The first-order valence-corrected chi connectivity index (χ1v) is 10.4. The van der Waals surface area contributed by atoms with Crippen molar-refractivity contribution in [1.82, 2.24) is 5.43 Å². The van der Waals surface area contributed by atoms with Gasteiger partial charge in [0.05, 0.1) is 12.8 Å². The summed E-state index contributed by atoms with van der Waals surface area (Å²) < 4.78 is 1.96. The summed E-state index contributed by atoms with van der Waals surface area (Å²) in [5, 5.41) is 7.10. The minimum Gasteiger partial charge on any atom is -0.376 e. The van der Waals surface area contributed by atoms with Gasteiger partial charge in [-0.2, -0.15) is 5.10 Å². The number of rotatable bonds is 8. The van der Waals surface area contributed by atoms with Gasteiger partial charge in [-0.1, -0.05) is 44.0 Å². The zero-order chi connectivity index (χ0) is 19.8. The summed E-state index contributed by atoms with van der Waals surface area (Å²) in [7, 11) is 0. The van der Waals surface area contributed by atoms with Gasteiger partial charge in [0.25, 0.3) is 5.91 Å². The Hall–Kier alpha value is -1.86. The second-order valence-corrected chi connectivity index (χ2v) is 7.68. The third-order valence-corrected chi connectivity index (χ3v) is 5.81. The van der Waals surface area contributed by atoms with Crippen molar-refractivity contribution in [3.8, 4) is 0 Å². The Balaban J connectivity index is 1.84. The maximum atomic E-state index is 11.9. The van der Waals surface area contributed by atoms with Crippen LogP contribution in [0.15, 0.2) is 50.4 Å². The molecule has 0 aliphatic heterocycles. The highest BCUT2D eigenvalue weighted by Gasteiger charge is 2.05. The highest BCUT2D eigenvalue weighted by Crippen LogP contribution is 2.28. The minimum absolute atomic E-state index is 0.139. The van der Waals surface area contributed by atoms with Crippen LogP contribution in [0.3, 0.4) is 0 Å². The van der Waals surface area contributed by atoms with Gasteiger partial charge in [0.15, 0.2) is 0 Å². The van der Waals surface area contributed by atoms with Crippen molar-refractivity contribution in [2.45, 2.75) is 20.8 Å². The molecule has 0 atom stereocenters. The number of hydrazone groups is 1. The zero-order valence-corrected chi connectivity index (χ0v) is 18.9. The molecule has 1 amide bonds. The Morgan fingerprint density at radius 3 is 2.26 bits per heavy atom. The fourth-order valence-electron chi connectivity index (χ4n) is 2.51. The van der Waals surface area contributed by atoms with Gasteiger partial charge in [0.1, 0.15) is 0 Å². The molecule has 2 aromatic rings. The lowest BCUT2D eigenvalue weighted by Crippen LogP contribution is -2.25. The van der Waals surface area contributed by atoms with E-state index in [0.717, 1.165) is 38.8 Å². The van der Waals surface area contributed by atoms with Crippen molar-refractivity contribution in [2.24, 2.45) is 5.10 Å². The first-order valence-electron chi connectivity index (χ1n) is 8.81. The van der Waals surface area contributed by atoms with Crippen molar-refractivity contribution in [3.63, 3.8) is 0 Å². The number of hydrogen-bond donors (Lipinski definition) is 2. The van der Waals surface area contributed by atoms with Crippen LogP contribution >= 0.6 is 31.9 Å². The Kier molecular flexibility index (Phi) is 8.31. The molecule has 0 bridgehead atoms. The van der Waals surface area contributed by atoms with E-state index in [1.54, 1.807) is 6.21 Å². The van der Waals surface area contributed by atoms with Crippen LogP contribution in [0.25, 0.3) is 0 Å². The zero-order valence-electron chi connectivity index (χ0n) is 15.7. The molecule has 2 rings (SSSR count). The van der Waals surface area contributed by atoms with Crippen LogP contribution in [-0.4, -0.2) is 31.8 Å². The average molecular weight is 496 g/mol. The van der Waals surface area contributed by atoms with E-state index in [-0.39, 0.29) is 12.5 Å². The van der Waals surface area contributed by atoms with Gasteiger partial charge >= 0.3 is 0 Å². The Bertz CT molecular complexity index is 779. The first-order chi connectivity index (χ1) is 12.9. The van der Waals surface area contributed by atoms with Crippen LogP contribution in [0, 0.1) is 6.92 Å². The van der Waals surface area contributed by atoms with Crippen LogP contribution in [0.4, 0.5) is 11.4 Å². The maximum Gasteiger partial charge on any atom is 0.259 e. The summed E-state index contributed by atoms with van der Waals surface area (Å²) in [4.78, 5) is 14.2. The molecule has 0 fully saturated rings. The lowest BCUT2D eigenvalue weighted by Gasteiger charge is -2.20. The topological polar surface area (TPSA) is 56.7 Å². The van der Waals surface area contributed by atoms with E-state index < -0.39 is 0 Å². The van der Waals surface area contributed by atoms with Crippen LogP contribution in [0.2, 0.25) is 0 Å². The third kappa shape index (κ3) is 6.36. The molecular formula is C20H24Br2N4O. The highest BCUT2D eigenvalue weighted by atomic mass is 79.9. The number of benzene rings is 2. The van der Waals surface area contributed by atoms with Gasteiger partial charge in [0.2, 0.25) is 0 Å². The highest BCUT2D eigenvalue weighted by molar-refractivity contribution is 9.11. The summed E-state index contributed by atoms with van der Waals surface area (Å²) in [6.45, 7) is 8.36. The second-order valence-electron chi connectivity index (χ2n) is 5.98. The second kappa shape index (κ2) is 10.5. The summed E-state index contributed by atoms with van der Waals surface area (Å²) in [5.74, 6) is -0.209. The average Bonchev–Trinajstić information content (AvgIpc) is 2.66. The maximum absolute atomic E-state index is 11.9. The van der Waals surface area contributed by atoms with Crippen LogP contribution in [0.1, 0.15) is 25.0 Å². The summed E-state index contributed by atoms with van der Waals surface area (Å²) in [5.41, 5.74) is 6.62. The number of carbonyl (C=O) groups is 1. The number of anilines is 2. The molecule has 2 N–H and O–H groups in total. The molecule has 2 aromatic carbocycles. The number of carbonyl (C=O) groups excluding carboxylic acids is 1. The monoisotopic (exact) mass is 494 g/mol. The molecule has 0 heterocycles. The fraction of sp³-hybridized carbons (Fsp3) is 0.300. The number of hydrogen-bond acceptors (Lipinski definition) is 4. The molecule has 0 aliphatic carbocycles. The molecule has 7 heteroatoms. The normalized spacial score (nSPS) is 10.9. The summed E-state index contributed by atoms with van der Waals surface area (Å²) in [6.07, 6.45) is 1.64. The van der Waals surface area contributed by atoms with Crippen LogP contribution in [-0.2, 0) is 4.79 Å². The molecule has 0 radical (unpaired) electrons. The fourth-order valence-corrected chi connectivity index (χ4v) is 3.69. The van der Waals surface area contributed by atoms with Crippen molar-refractivity contribution in [1.29, 1.82) is 0 Å². The molecule has 0 aromatic heterocycles. The van der Waals surface area contributed by atoms with E-state index >= 15 is 0 Å². The number of nitrogens with one attached hydrogen (secondary N) is 2. The lowest BCUT2D eigenvalue weighted by molar-refractivity contribution is -0.119. The largest absolute Gasteiger partial charge is 0.376 e. The third-order valence-electron chi connectivity index (χ3n) is 4.16. The van der Waals surface area contributed by atoms with Crippen molar-refractivity contribution >= 4 is 55.4 Å². The van der Waals surface area contributed by atoms with Gasteiger partial charge in [0, 0.05) is 33.4 Å². The van der Waals surface area contributed by atoms with Crippen molar-refractivity contribution < 1.29 is 4.79 Å². The Labute approximate surface area is 177 Å². The quantitative estimate of drug-likeness (QED) is 0.403. The van der Waals surface area contributed by atoms with Crippen molar-refractivity contribution in [2.75, 3.05) is 29.9 Å². The smallest absolute Gasteiger partial charge is 0.259 e. The molecule has 5 nitrogen and oxygen atoms in total. The molecule has 144 valence electrons. The summed E-state index contributed by atoms with van der Waals surface area (Å²) >= 11 is 7.00. The number of amides is 1. The SMILES string of the molecule is CCN(CC)c1ccc(C=NNC(=O)CNc2cc(Br)c(C)c(Br)c2)cc1. The van der Waals surface area contributed by atoms with Gasteiger partial charge in [-0.15, -0.1) is 0 Å². The predicted molar refractivity (Wildman–Crippen MR) is 121 cm³/mol. The van der Waals surface area contributed by atoms with Crippen LogP contribution in [0.5, 0.6) is 0 Å². The minimum atomic E-state index is -0.209. The van der Waals surface area contributed by atoms with E-state index in [1.807, 2.05) is 31.2 Å². The Morgan fingerprint density at radius 1 is 1.11 bits per heavy atom. The number of halogens is 2. The van der Waals surface area contributed by atoms with E-state index in [2.05, 4.69) is 78.6 Å². The predicted octanol–water partition coefficient (Wildman–Crippen LogP) is 4.93. The van der Waals surface area contributed by atoms with Gasteiger partial charge in [-0.25, -0.2) is 5.43 Å². The van der Waals surface area contributed by atoms with Crippen LogP contribution < -0.4 is 15.6 Å². The lowest BCUT2D eigenvalue weighted by atomic mass is 10.2. The molecule has 0 aliphatic rings. The molecule has 0 saturated carbocycles. The standard InChI is InChI=1S/C20H24Br2N4O/c1-4-26(5-2)17-8-6-15(7-9-17)12-24-25-20(27)13-23-16-10-18(21)14(3)19(22)11-16/h6-12,23H,4-5,13H2,1-3H3,(H,25,27). The van der Waals surface area contributed by atoms with E-state index in [0.29, 0.717) is 0 Å². The van der Waals surface area contributed by atoms with Gasteiger partial charge in [-0.05, 0) is 56.2 Å². The van der Waals surface area contributed by atoms with Gasteiger partial charge in [-0.3, -0.25) is 4.79 Å². The van der Waals surface area contributed by atoms with E-state index in [4.69, 9.17) is 0 Å². The van der Waals surface area contributed by atoms with Gasteiger partial charge < -0.3 is 10.2 Å². The summed E-state index contributed by atoms with van der Waals surface area (Å²) in [6, 6.07) is 12.0. The Morgan fingerprint density at radius 2 is 1.70 bits per heavy atom. The molecule has 0 unspecified atom stereocenters. The van der Waals surface area contributed by atoms with E-state index in [1.165, 1.54) is 5.69 Å². The molecular weight excluding hydrogens is 472 g/mol. The molecule has 0 spiro atoms. The van der Waals surface area contributed by atoms with E-state index in [9.17, 15) is 4.79 Å². The molecule has 0 saturated heterocycles.